The third-order valence-corrected chi connectivity index (χ3v) is 4.93. The van der Waals surface area contributed by atoms with Gasteiger partial charge in [-0.3, -0.25) is 4.98 Å². The highest BCUT2D eigenvalue weighted by molar-refractivity contribution is 7.89. The van der Waals surface area contributed by atoms with Crippen LogP contribution in [0, 0.1) is 0 Å². The van der Waals surface area contributed by atoms with Crippen molar-refractivity contribution in [1.82, 2.24) is 9.71 Å². The molecule has 0 saturated carbocycles. The molecule has 1 aromatic rings. The van der Waals surface area contributed by atoms with Gasteiger partial charge in [0.05, 0.1) is 23.8 Å². The Morgan fingerprint density at radius 3 is 2.50 bits per heavy atom. The van der Waals surface area contributed by atoms with E-state index in [0.717, 1.165) is 25.9 Å². The molecule has 1 aromatic heterocycles. The second kappa shape index (κ2) is 6.41. The summed E-state index contributed by atoms with van der Waals surface area (Å²) in [6.45, 7) is 6.50. The molecule has 0 spiro atoms. The summed E-state index contributed by atoms with van der Waals surface area (Å²) in [5, 5.41) is 3.10. The molecule has 0 atom stereocenters. The molecule has 112 valence electrons. The quantitative estimate of drug-likeness (QED) is 0.830. The molecular weight excluding hydrogens is 276 g/mol. The number of sulfonamides is 1. The van der Waals surface area contributed by atoms with Gasteiger partial charge in [-0.15, -0.1) is 0 Å². The first-order chi connectivity index (χ1) is 9.60. The summed E-state index contributed by atoms with van der Waals surface area (Å²) in [5.74, 6) is 0. The van der Waals surface area contributed by atoms with Gasteiger partial charge < -0.3 is 10.2 Å². The molecule has 0 aliphatic carbocycles. The van der Waals surface area contributed by atoms with Crippen LogP contribution >= 0.6 is 0 Å². The van der Waals surface area contributed by atoms with Crippen molar-refractivity contribution in [2.75, 3.05) is 36.4 Å². The molecule has 0 aromatic carbocycles. The number of nitrogens with one attached hydrogen (secondary N) is 2. The maximum absolute atomic E-state index is 12.5. The fourth-order valence-corrected chi connectivity index (χ4v) is 3.88. The molecule has 6 nitrogen and oxygen atoms in total. The highest BCUT2D eigenvalue weighted by atomic mass is 32.2. The standard InChI is InChI=1S/C13H22N4O2S/c1-3-15-11-9-14-10-12(17-7-5-6-8-17)13(11)20(18,19)16-4-2/h9-10,15-16H,3-8H2,1-2H3. The molecular formula is C13H22N4O2S. The number of rotatable bonds is 6. The predicted octanol–water partition coefficient (Wildman–Crippen LogP) is 1.41. The Labute approximate surface area is 120 Å². The van der Waals surface area contributed by atoms with Crippen LogP contribution in [-0.2, 0) is 10.0 Å². The van der Waals surface area contributed by atoms with Crippen LogP contribution in [0.1, 0.15) is 26.7 Å². The highest BCUT2D eigenvalue weighted by Gasteiger charge is 2.26. The minimum Gasteiger partial charge on any atom is -0.383 e. The summed E-state index contributed by atoms with van der Waals surface area (Å²) in [4.78, 5) is 6.60. The number of aromatic nitrogens is 1. The minimum atomic E-state index is -3.53. The van der Waals surface area contributed by atoms with E-state index in [0.29, 0.717) is 29.4 Å². The van der Waals surface area contributed by atoms with Crippen molar-refractivity contribution >= 4 is 21.4 Å². The van der Waals surface area contributed by atoms with Gasteiger partial charge in [0.25, 0.3) is 0 Å². The van der Waals surface area contributed by atoms with Gasteiger partial charge >= 0.3 is 0 Å². The zero-order valence-corrected chi connectivity index (χ0v) is 12.8. The van der Waals surface area contributed by atoms with E-state index in [-0.39, 0.29) is 0 Å². The van der Waals surface area contributed by atoms with E-state index in [2.05, 4.69) is 19.9 Å². The van der Waals surface area contributed by atoms with E-state index >= 15 is 0 Å². The Kier molecular flexibility index (Phi) is 4.82. The molecule has 20 heavy (non-hydrogen) atoms. The van der Waals surface area contributed by atoms with E-state index < -0.39 is 10.0 Å². The number of pyridine rings is 1. The van der Waals surface area contributed by atoms with Gasteiger partial charge in [0.15, 0.2) is 0 Å². The lowest BCUT2D eigenvalue weighted by Crippen LogP contribution is -2.28. The molecule has 0 radical (unpaired) electrons. The average Bonchev–Trinajstić information content (AvgIpc) is 2.92. The maximum atomic E-state index is 12.5. The second-order valence-electron chi connectivity index (χ2n) is 4.76. The number of hydrogen-bond acceptors (Lipinski definition) is 5. The van der Waals surface area contributed by atoms with E-state index in [1.807, 2.05) is 6.92 Å². The molecule has 1 saturated heterocycles. The molecule has 0 unspecified atom stereocenters. The first-order valence-corrected chi connectivity index (χ1v) is 8.55. The van der Waals surface area contributed by atoms with Crippen LogP contribution in [0.25, 0.3) is 0 Å². The first-order valence-electron chi connectivity index (χ1n) is 7.06. The number of anilines is 2. The molecule has 1 aliphatic rings. The van der Waals surface area contributed by atoms with Crippen molar-refractivity contribution in [2.45, 2.75) is 31.6 Å². The fraction of sp³-hybridized carbons (Fsp3) is 0.615. The van der Waals surface area contributed by atoms with Crippen molar-refractivity contribution in [1.29, 1.82) is 0 Å². The topological polar surface area (TPSA) is 74.3 Å². The predicted molar refractivity (Wildman–Crippen MR) is 80.7 cm³/mol. The highest BCUT2D eigenvalue weighted by Crippen LogP contribution is 2.32. The monoisotopic (exact) mass is 298 g/mol. The SMILES string of the molecule is CCNc1cncc(N2CCCC2)c1S(=O)(=O)NCC. The van der Waals surface area contributed by atoms with Crippen LogP contribution in [0.15, 0.2) is 17.3 Å². The van der Waals surface area contributed by atoms with Crippen LogP contribution in [-0.4, -0.2) is 39.6 Å². The van der Waals surface area contributed by atoms with Crippen molar-refractivity contribution in [3.63, 3.8) is 0 Å². The fourth-order valence-electron chi connectivity index (χ4n) is 2.48. The molecule has 7 heteroatoms. The maximum Gasteiger partial charge on any atom is 0.244 e. The summed E-state index contributed by atoms with van der Waals surface area (Å²) >= 11 is 0. The second-order valence-corrected chi connectivity index (χ2v) is 6.46. The van der Waals surface area contributed by atoms with E-state index in [1.165, 1.54) is 0 Å². The van der Waals surface area contributed by atoms with Gasteiger partial charge in [-0.25, -0.2) is 13.1 Å². The number of nitrogens with zero attached hydrogens (tertiary/aromatic N) is 2. The summed E-state index contributed by atoms with van der Waals surface area (Å²) < 4.78 is 27.6. The van der Waals surface area contributed by atoms with Crippen molar-refractivity contribution in [3.05, 3.63) is 12.4 Å². The van der Waals surface area contributed by atoms with Gasteiger partial charge in [-0.05, 0) is 19.8 Å². The van der Waals surface area contributed by atoms with Crippen molar-refractivity contribution < 1.29 is 8.42 Å². The molecule has 1 fully saturated rings. The number of hydrogen-bond donors (Lipinski definition) is 2. The van der Waals surface area contributed by atoms with Crippen LogP contribution in [0.4, 0.5) is 11.4 Å². The molecule has 2 heterocycles. The van der Waals surface area contributed by atoms with E-state index in [1.54, 1.807) is 19.3 Å². The Hall–Kier alpha value is -1.34. The van der Waals surface area contributed by atoms with Gasteiger partial charge in [0.1, 0.15) is 4.90 Å². The van der Waals surface area contributed by atoms with Crippen molar-refractivity contribution in [2.24, 2.45) is 0 Å². The normalized spacial score (nSPS) is 15.6. The smallest absolute Gasteiger partial charge is 0.244 e. The Morgan fingerprint density at radius 1 is 1.20 bits per heavy atom. The molecule has 2 rings (SSSR count). The van der Waals surface area contributed by atoms with E-state index in [9.17, 15) is 8.42 Å². The largest absolute Gasteiger partial charge is 0.383 e. The van der Waals surface area contributed by atoms with E-state index in [4.69, 9.17) is 0 Å². The summed E-state index contributed by atoms with van der Waals surface area (Å²) in [6, 6.07) is 0. The van der Waals surface area contributed by atoms with Gasteiger partial charge in [0.2, 0.25) is 10.0 Å². The Bertz CT molecular complexity index is 553. The summed E-state index contributed by atoms with van der Waals surface area (Å²) in [5.41, 5.74) is 1.26. The van der Waals surface area contributed by atoms with Gasteiger partial charge in [0, 0.05) is 26.2 Å². The van der Waals surface area contributed by atoms with Gasteiger partial charge in [-0.1, -0.05) is 6.92 Å². The van der Waals surface area contributed by atoms with Gasteiger partial charge in [-0.2, -0.15) is 0 Å². The third kappa shape index (κ3) is 3.04. The van der Waals surface area contributed by atoms with Crippen LogP contribution in [0.5, 0.6) is 0 Å². The lowest BCUT2D eigenvalue weighted by molar-refractivity contribution is 0.584. The minimum absolute atomic E-state index is 0.318. The Balaban J connectivity index is 2.53. The zero-order chi connectivity index (χ0) is 14.6. The summed E-state index contributed by atoms with van der Waals surface area (Å²) in [7, 11) is -3.53. The van der Waals surface area contributed by atoms with Crippen molar-refractivity contribution in [3.8, 4) is 0 Å². The lowest BCUT2D eigenvalue weighted by Gasteiger charge is -2.23. The lowest BCUT2D eigenvalue weighted by atomic mass is 10.3. The van der Waals surface area contributed by atoms with Crippen LogP contribution in [0.2, 0.25) is 0 Å². The molecule has 1 aliphatic heterocycles. The average molecular weight is 298 g/mol. The molecule has 0 amide bonds. The third-order valence-electron chi connectivity index (χ3n) is 3.29. The van der Waals surface area contributed by atoms with Crippen LogP contribution < -0.4 is 14.9 Å². The first kappa shape index (κ1) is 15.1. The Morgan fingerprint density at radius 2 is 1.90 bits per heavy atom. The molecule has 0 bridgehead atoms. The zero-order valence-electron chi connectivity index (χ0n) is 12.0. The molecule has 2 N–H and O–H groups in total. The summed E-state index contributed by atoms with van der Waals surface area (Å²) in [6.07, 6.45) is 5.40. The van der Waals surface area contributed by atoms with Crippen LogP contribution in [0.3, 0.4) is 0 Å².